The van der Waals surface area contributed by atoms with Crippen LogP contribution in [0, 0.1) is 11.8 Å². The van der Waals surface area contributed by atoms with Crippen LogP contribution in [-0.2, 0) is 0 Å². The van der Waals surface area contributed by atoms with Gasteiger partial charge in [-0.2, -0.15) is 0 Å². The first kappa shape index (κ1) is 8.10. The van der Waals surface area contributed by atoms with E-state index in [4.69, 9.17) is 0 Å². The van der Waals surface area contributed by atoms with Crippen molar-refractivity contribution in [2.45, 2.75) is 52.4 Å². The average molecular weight is 140 g/mol. The van der Waals surface area contributed by atoms with E-state index in [1.165, 1.54) is 38.5 Å². The minimum Gasteiger partial charge on any atom is -0.0654 e. The zero-order chi connectivity index (χ0) is 7.40. The van der Waals surface area contributed by atoms with Crippen LogP contribution >= 0.6 is 0 Å². The van der Waals surface area contributed by atoms with E-state index in [1.807, 2.05) is 0 Å². The van der Waals surface area contributed by atoms with E-state index in [-0.39, 0.29) is 0 Å². The van der Waals surface area contributed by atoms with E-state index in [0.717, 1.165) is 11.8 Å². The summed E-state index contributed by atoms with van der Waals surface area (Å²) in [5, 5.41) is 0. The van der Waals surface area contributed by atoms with Crippen molar-refractivity contribution >= 4 is 0 Å². The Morgan fingerprint density at radius 1 is 1.30 bits per heavy atom. The van der Waals surface area contributed by atoms with Gasteiger partial charge in [0.05, 0.1) is 0 Å². The van der Waals surface area contributed by atoms with Gasteiger partial charge in [0.1, 0.15) is 0 Å². The van der Waals surface area contributed by atoms with Crippen LogP contribution in [0.4, 0.5) is 0 Å². The third kappa shape index (κ3) is 2.00. The molecule has 0 radical (unpaired) electrons. The average Bonchev–Trinajstić information content (AvgIpc) is 2.31. The molecule has 0 spiro atoms. The second-order valence-corrected chi connectivity index (χ2v) is 3.81. The molecule has 0 saturated heterocycles. The Bertz CT molecular complexity index is 86.0. The summed E-state index contributed by atoms with van der Waals surface area (Å²) in [6, 6.07) is 0. The maximum atomic E-state index is 2.42. The molecule has 0 aromatic rings. The Morgan fingerprint density at radius 2 is 2.10 bits per heavy atom. The lowest BCUT2D eigenvalue weighted by atomic mass is 9.93. The molecule has 1 fully saturated rings. The largest absolute Gasteiger partial charge is 0.0654 e. The summed E-state index contributed by atoms with van der Waals surface area (Å²) < 4.78 is 0. The molecule has 1 saturated carbocycles. The molecular formula is C10H20. The molecule has 0 heterocycles. The van der Waals surface area contributed by atoms with Gasteiger partial charge in [0.25, 0.3) is 0 Å². The van der Waals surface area contributed by atoms with Gasteiger partial charge in [-0.15, -0.1) is 0 Å². The Hall–Kier alpha value is 0. The lowest BCUT2D eigenvalue weighted by molar-refractivity contribution is 0.380. The van der Waals surface area contributed by atoms with Crippen LogP contribution < -0.4 is 0 Å². The van der Waals surface area contributed by atoms with Crippen LogP contribution in [0.15, 0.2) is 0 Å². The smallest absolute Gasteiger partial charge is 0.0388 e. The fraction of sp³-hybridized carbons (Fsp3) is 1.00. The SMILES string of the molecule is CCCCC1CCCC1C. The van der Waals surface area contributed by atoms with Gasteiger partial charge in [0, 0.05) is 0 Å². The second-order valence-electron chi connectivity index (χ2n) is 3.81. The maximum absolute atomic E-state index is 2.42. The fourth-order valence-corrected chi connectivity index (χ4v) is 2.12. The number of unbranched alkanes of at least 4 members (excludes halogenated alkanes) is 1. The van der Waals surface area contributed by atoms with Crippen LogP contribution in [0.2, 0.25) is 0 Å². The van der Waals surface area contributed by atoms with E-state index >= 15 is 0 Å². The standard InChI is InChI=1S/C10H20/c1-3-4-7-10-8-5-6-9(10)2/h9-10H,3-8H2,1-2H3. The Labute approximate surface area is 65.0 Å². The third-order valence-corrected chi connectivity index (χ3v) is 2.97. The summed E-state index contributed by atoms with van der Waals surface area (Å²) in [7, 11) is 0. The van der Waals surface area contributed by atoms with Crippen molar-refractivity contribution in [2.75, 3.05) is 0 Å². The summed E-state index contributed by atoms with van der Waals surface area (Å²) in [5.74, 6) is 2.12. The van der Waals surface area contributed by atoms with Crippen LogP contribution in [0.1, 0.15) is 52.4 Å². The molecule has 0 aromatic heterocycles. The first-order chi connectivity index (χ1) is 4.84. The minimum absolute atomic E-state index is 1.03. The molecule has 1 aliphatic rings. The molecule has 0 N–H and O–H groups in total. The van der Waals surface area contributed by atoms with E-state index in [1.54, 1.807) is 0 Å². The van der Waals surface area contributed by atoms with E-state index in [0.29, 0.717) is 0 Å². The molecule has 1 rings (SSSR count). The predicted octanol–water partition coefficient (Wildman–Crippen LogP) is 3.61. The molecule has 0 nitrogen and oxygen atoms in total. The molecule has 0 aliphatic heterocycles. The van der Waals surface area contributed by atoms with Crippen molar-refractivity contribution in [2.24, 2.45) is 11.8 Å². The number of hydrogen-bond acceptors (Lipinski definition) is 0. The maximum Gasteiger partial charge on any atom is -0.0388 e. The fourth-order valence-electron chi connectivity index (χ4n) is 2.12. The summed E-state index contributed by atoms with van der Waals surface area (Å²) in [6.07, 6.45) is 8.83. The second kappa shape index (κ2) is 4.00. The molecule has 0 heteroatoms. The lowest BCUT2D eigenvalue weighted by Gasteiger charge is -2.13. The van der Waals surface area contributed by atoms with E-state index in [2.05, 4.69) is 13.8 Å². The van der Waals surface area contributed by atoms with Crippen molar-refractivity contribution in [3.05, 3.63) is 0 Å². The summed E-state index contributed by atoms with van der Waals surface area (Å²) in [5.41, 5.74) is 0. The zero-order valence-electron chi connectivity index (χ0n) is 7.40. The Morgan fingerprint density at radius 3 is 2.60 bits per heavy atom. The van der Waals surface area contributed by atoms with Crippen LogP contribution in [0.5, 0.6) is 0 Å². The number of rotatable bonds is 3. The molecule has 2 unspecified atom stereocenters. The van der Waals surface area contributed by atoms with Crippen molar-refractivity contribution in [3.8, 4) is 0 Å². The lowest BCUT2D eigenvalue weighted by Crippen LogP contribution is -2.02. The highest BCUT2D eigenvalue weighted by Crippen LogP contribution is 2.34. The topological polar surface area (TPSA) is 0 Å². The van der Waals surface area contributed by atoms with Gasteiger partial charge in [-0.25, -0.2) is 0 Å². The highest BCUT2D eigenvalue weighted by Gasteiger charge is 2.21. The van der Waals surface area contributed by atoms with E-state index < -0.39 is 0 Å². The number of hydrogen-bond donors (Lipinski definition) is 0. The van der Waals surface area contributed by atoms with Gasteiger partial charge in [-0.3, -0.25) is 0 Å². The molecule has 2 atom stereocenters. The molecule has 60 valence electrons. The van der Waals surface area contributed by atoms with E-state index in [9.17, 15) is 0 Å². The van der Waals surface area contributed by atoms with Crippen molar-refractivity contribution in [3.63, 3.8) is 0 Å². The van der Waals surface area contributed by atoms with Crippen LogP contribution in [0.25, 0.3) is 0 Å². The summed E-state index contributed by atoms with van der Waals surface area (Å²) in [6.45, 7) is 4.72. The first-order valence-electron chi connectivity index (χ1n) is 4.84. The highest BCUT2D eigenvalue weighted by molar-refractivity contribution is 4.73. The third-order valence-electron chi connectivity index (χ3n) is 2.97. The Balaban J connectivity index is 2.14. The molecule has 10 heavy (non-hydrogen) atoms. The first-order valence-corrected chi connectivity index (χ1v) is 4.84. The normalized spacial score (nSPS) is 33.0. The van der Waals surface area contributed by atoms with Gasteiger partial charge >= 0.3 is 0 Å². The van der Waals surface area contributed by atoms with Gasteiger partial charge in [-0.05, 0) is 11.8 Å². The van der Waals surface area contributed by atoms with Crippen molar-refractivity contribution < 1.29 is 0 Å². The highest BCUT2D eigenvalue weighted by atomic mass is 14.3. The van der Waals surface area contributed by atoms with Gasteiger partial charge in [-0.1, -0.05) is 52.4 Å². The zero-order valence-corrected chi connectivity index (χ0v) is 7.40. The molecule has 1 aliphatic carbocycles. The molecular weight excluding hydrogens is 120 g/mol. The van der Waals surface area contributed by atoms with Crippen LogP contribution in [-0.4, -0.2) is 0 Å². The van der Waals surface area contributed by atoms with Crippen molar-refractivity contribution in [1.29, 1.82) is 0 Å². The predicted molar refractivity (Wildman–Crippen MR) is 46.0 cm³/mol. The molecule has 0 aromatic carbocycles. The summed E-state index contributed by atoms with van der Waals surface area (Å²) in [4.78, 5) is 0. The monoisotopic (exact) mass is 140 g/mol. The Kier molecular flexibility index (Phi) is 3.24. The van der Waals surface area contributed by atoms with Gasteiger partial charge in [0.2, 0.25) is 0 Å². The minimum atomic E-state index is 1.03. The molecule has 0 amide bonds. The van der Waals surface area contributed by atoms with Gasteiger partial charge in [0.15, 0.2) is 0 Å². The van der Waals surface area contributed by atoms with Crippen molar-refractivity contribution in [1.82, 2.24) is 0 Å². The quantitative estimate of drug-likeness (QED) is 0.561. The molecule has 0 bridgehead atoms. The van der Waals surface area contributed by atoms with Crippen LogP contribution in [0.3, 0.4) is 0 Å². The summed E-state index contributed by atoms with van der Waals surface area (Å²) >= 11 is 0. The van der Waals surface area contributed by atoms with Gasteiger partial charge < -0.3 is 0 Å².